The van der Waals surface area contributed by atoms with Gasteiger partial charge in [-0.05, 0) is 67.8 Å². The quantitative estimate of drug-likeness (QED) is 0.285. The van der Waals surface area contributed by atoms with E-state index >= 15 is 0 Å². The summed E-state index contributed by atoms with van der Waals surface area (Å²) >= 11 is 1.30. The molecule has 0 bridgehead atoms. The molecule has 0 atom stereocenters. The van der Waals surface area contributed by atoms with Gasteiger partial charge >= 0.3 is 0 Å². The molecule has 0 spiro atoms. The summed E-state index contributed by atoms with van der Waals surface area (Å²) in [5.41, 5.74) is 11.1. The third kappa shape index (κ3) is 4.78. The summed E-state index contributed by atoms with van der Waals surface area (Å²) in [6.45, 7) is 3.93. The van der Waals surface area contributed by atoms with E-state index in [2.05, 4.69) is 46.7 Å². The van der Waals surface area contributed by atoms with E-state index in [1.165, 1.54) is 23.5 Å². The molecule has 10 heteroatoms. The van der Waals surface area contributed by atoms with Gasteiger partial charge in [0.2, 0.25) is 0 Å². The summed E-state index contributed by atoms with van der Waals surface area (Å²) in [6.07, 6.45) is 6.69. The van der Waals surface area contributed by atoms with E-state index in [1.807, 2.05) is 24.2 Å². The summed E-state index contributed by atoms with van der Waals surface area (Å²) in [4.78, 5) is 19.2. The molecule has 2 N–H and O–H groups in total. The van der Waals surface area contributed by atoms with Crippen molar-refractivity contribution in [1.29, 1.82) is 5.26 Å². The SMILES string of the molecule is CCc1nc2ccc(-c3ccc(N4CCC(N)CC4)nc3)cn2c1N(C)c1nc(-c2ccc(F)cc2)c(C#N)s1. The van der Waals surface area contributed by atoms with Gasteiger partial charge in [0, 0.05) is 55.3 Å². The first-order valence-electron chi connectivity index (χ1n) is 13.3. The molecular weight excluding hydrogens is 523 g/mol. The Morgan fingerprint density at radius 3 is 2.45 bits per heavy atom. The maximum absolute atomic E-state index is 13.5. The molecule has 0 unspecified atom stereocenters. The third-order valence-corrected chi connectivity index (χ3v) is 8.42. The second-order valence-electron chi connectivity index (χ2n) is 9.96. The Morgan fingerprint density at radius 1 is 1.05 bits per heavy atom. The van der Waals surface area contributed by atoms with Crippen LogP contribution in [0.3, 0.4) is 0 Å². The molecule has 0 saturated carbocycles. The number of hydrogen-bond acceptors (Lipinski definition) is 8. The van der Waals surface area contributed by atoms with Crippen molar-refractivity contribution in [2.24, 2.45) is 5.73 Å². The van der Waals surface area contributed by atoms with Crippen LogP contribution in [0.2, 0.25) is 0 Å². The molecule has 0 aliphatic carbocycles. The Morgan fingerprint density at radius 2 is 1.77 bits per heavy atom. The molecule has 40 heavy (non-hydrogen) atoms. The van der Waals surface area contributed by atoms with Crippen LogP contribution in [0.4, 0.5) is 21.2 Å². The molecule has 6 rings (SSSR count). The number of nitrogens with two attached hydrogens (primary N) is 1. The molecule has 1 aliphatic rings. The van der Waals surface area contributed by atoms with Crippen LogP contribution in [0.1, 0.15) is 30.3 Å². The van der Waals surface area contributed by atoms with E-state index < -0.39 is 0 Å². The van der Waals surface area contributed by atoms with Crippen LogP contribution in [-0.2, 0) is 6.42 Å². The van der Waals surface area contributed by atoms with E-state index in [0.29, 0.717) is 21.3 Å². The van der Waals surface area contributed by atoms with Gasteiger partial charge < -0.3 is 15.5 Å². The van der Waals surface area contributed by atoms with Gasteiger partial charge in [0.1, 0.15) is 39.7 Å². The first kappa shape index (κ1) is 25.9. The van der Waals surface area contributed by atoms with Gasteiger partial charge in [-0.3, -0.25) is 4.40 Å². The Bertz CT molecular complexity index is 1690. The lowest BCUT2D eigenvalue weighted by atomic mass is 10.1. The largest absolute Gasteiger partial charge is 0.357 e. The minimum Gasteiger partial charge on any atom is -0.357 e. The minimum absolute atomic E-state index is 0.281. The molecule has 1 saturated heterocycles. The number of anilines is 3. The number of fused-ring (bicyclic) bond motifs is 1. The number of pyridine rings is 2. The number of nitrogens with zero attached hydrogens (tertiary/aromatic N) is 7. The van der Waals surface area contributed by atoms with Crippen LogP contribution in [-0.4, -0.2) is 45.5 Å². The van der Waals surface area contributed by atoms with Crippen molar-refractivity contribution in [3.8, 4) is 28.5 Å². The highest BCUT2D eigenvalue weighted by Crippen LogP contribution is 2.37. The number of piperidine rings is 1. The van der Waals surface area contributed by atoms with Crippen molar-refractivity contribution >= 4 is 33.8 Å². The number of aryl methyl sites for hydroxylation is 1. The van der Waals surface area contributed by atoms with Gasteiger partial charge in [0.25, 0.3) is 0 Å². The van der Waals surface area contributed by atoms with Crippen molar-refractivity contribution in [3.63, 3.8) is 0 Å². The molecular formula is C30H29FN8S. The van der Waals surface area contributed by atoms with Crippen molar-refractivity contribution in [2.45, 2.75) is 32.2 Å². The number of hydrogen-bond donors (Lipinski definition) is 1. The van der Waals surface area contributed by atoms with Crippen molar-refractivity contribution < 1.29 is 4.39 Å². The molecule has 5 heterocycles. The lowest BCUT2D eigenvalue weighted by Crippen LogP contribution is -2.40. The summed E-state index contributed by atoms with van der Waals surface area (Å²) in [6, 6.07) is 16.8. The second-order valence-corrected chi connectivity index (χ2v) is 10.9. The maximum Gasteiger partial charge on any atom is 0.192 e. The van der Waals surface area contributed by atoms with Crippen LogP contribution in [0, 0.1) is 17.1 Å². The van der Waals surface area contributed by atoms with Crippen molar-refractivity contribution in [1.82, 2.24) is 19.4 Å². The van der Waals surface area contributed by atoms with Gasteiger partial charge in [-0.25, -0.2) is 19.3 Å². The molecule has 8 nitrogen and oxygen atoms in total. The van der Waals surface area contributed by atoms with Crippen molar-refractivity contribution in [2.75, 3.05) is 29.9 Å². The fourth-order valence-corrected chi connectivity index (χ4v) is 5.99. The number of imidazole rings is 1. The van der Waals surface area contributed by atoms with E-state index in [4.69, 9.17) is 20.7 Å². The van der Waals surface area contributed by atoms with Gasteiger partial charge in [0.05, 0.1) is 5.69 Å². The monoisotopic (exact) mass is 552 g/mol. The highest BCUT2D eigenvalue weighted by molar-refractivity contribution is 7.16. The number of thiazole rings is 1. The Balaban J connectivity index is 1.35. The highest BCUT2D eigenvalue weighted by Gasteiger charge is 2.22. The molecule has 1 aromatic carbocycles. The Hall–Kier alpha value is -4.33. The molecule has 5 aromatic rings. The standard InChI is InChI=1S/C30H29FN8S/c1-3-24-29(37(2)30-36-28(25(16-32)40-30)19-4-8-22(31)9-5-19)39-18-21(7-11-27(39)35-24)20-6-10-26(34-17-20)38-14-12-23(33)13-15-38/h4-11,17-18,23H,3,12-15,33H2,1-2H3. The average Bonchev–Trinajstić information content (AvgIpc) is 3.59. The predicted octanol–water partition coefficient (Wildman–Crippen LogP) is 5.79. The lowest BCUT2D eigenvalue weighted by Gasteiger charge is -2.31. The predicted molar refractivity (Wildman–Crippen MR) is 158 cm³/mol. The van der Waals surface area contributed by atoms with E-state index in [9.17, 15) is 9.65 Å². The molecule has 0 amide bonds. The fraction of sp³-hybridized carbons (Fsp3) is 0.267. The zero-order chi connectivity index (χ0) is 27.8. The molecule has 1 aliphatic heterocycles. The molecule has 4 aromatic heterocycles. The number of rotatable bonds is 6. The topological polar surface area (TPSA) is 99.4 Å². The number of nitriles is 1. The summed E-state index contributed by atoms with van der Waals surface area (Å²) < 4.78 is 15.6. The zero-order valence-electron chi connectivity index (χ0n) is 22.4. The molecule has 1 fully saturated rings. The number of halogens is 1. The first-order chi connectivity index (χ1) is 19.4. The normalized spacial score (nSPS) is 14.0. The van der Waals surface area contributed by atoms with Gasteiger partial charge in [-0.2, -0.15) is 5.26 Å². The maximum atomic E-state index is 13.5. The molecule has 202 valence electrons. The van der Waals surface area contributed by atoms with Crippen LogP contribution in [0.25, 0.3) is 28.0 Å². The third-order valence-electron chi connectivity index (χ3n) is 7.38. The van der Waals surface area contributed by atoms with Crippen LogP contribution >= 0.6 is 11.3 Å². The van der Waals surface area contributed by atoms with Gasteiger partial charge in [-0.1, -0.05) is 18.3 Å². The second kappa shape index (κ2) is 10.7. The van der Waals surface area contributed by atoms with E-state index in [0.717, 1.165) is 66.5 Å². The first-order valence-corrected chi connectivity index (χ1v) is 14.2. The van der Waals surface area contributed by atoms with Crippen LogP contribution in [0.5, 0.6) is 0 Å². The minimum atomic E-state index is -0.329. The lowest BCUT2D eigenvalue weighted by molar-refractivity contribution is 0.498. The van der Waals surface area contributed by atoms with Crippen LogP contribution < -0.4 is 15.5 Å². The number of benzene rings is 1. The smallest absolute Gasteiger partial charge is 0.192 e. The van der Waals surface area contributed by atoms with E-state index in [-0.39, 0.29) is 11.9 Å². The van der Waals surface area contributed by atoms with Gasteiger partial charge in [0.15, 0.2) is 5.13 Å². The van der Waals surface area contributed by atoms with Gasteiger partial charge in [-0.15, -0.1) is 0 Å². The van der Waals surface area contributed by atoms with E-state index in [1.54, 1.807) is 12.1 Å². The summed E-state index contributed by atoms with van der Waals surface area (Å²) in [5, 5.41) is 10.5. The average molecular weight is 553 g/mol. The summed E-state index contributed by atoms with van der Waals surface area (Å²) in [5.74, 6) is 1.53. The Labute approximate surface area is 236 Å². The van der Waals surface area contributed by atoms with Crippen LogP contribution in [0.15, 0.2) is 60.9 Å². The summed E-state index contributed by atoms with van der Waals surface area (Å²) in [7, 11) is 1.94. The Kier molecular flexibility index (Phi) is 6.92. The highest BCUT2D eigenvalue weighted by atomic mass is 32.1. The fourth-order valence-electron chi connectivity index (χ4n) is 5.14. The zero-order valence-corrected chi connectivity index (χ0v) is 23.2. The van der Waals surface area contributed by atoms with Crippen molar-refractivity contribution in [3.05, 3.63) is 77.3 Å². The molecule has 0 radical (unpaired) electrons. The number of aromatic nitrogens is 4.